The van der Waals surface area contributed by atoms with Crippen molar-refractivity contribution in [1.82, 2.24) is 44.6 Å². The quantitative estimate of drug-likeness (QED) is 0.405. The van der Waals surface area contributed by atoms with Crippen LogP contribution in [0.2, 0.25) is 0 Å². The predicted octanol–water partition coefficient (Wildman–Crippen LogP) is 2.72. The predicted molar refractivity (Wildman–Crippen MR) is 131 cm³/mol. The largest absolute Gasteiger partial charge is 0.432 e. The highest BCUT2D eigenvalue weighted by Crippen LogP contribution is 2.29. The Balaban J connectivity index is 1.09. The highest BCUT2D eigenvalue weighted by molar-refractivity contribution is 5.82. The molecular weight excluding hydrogens is 498 g/mol. The summed E-state index contributed by atoms with van der Waals surface area (Å²) in [5.41, 5.74) is 0.700. The Hall–Kier alpha value is -4.23. The van der Waals surface area contributed by atoms with Crippen molar-refractivity contribution in [2.45, 2.75) is 58.3 Å². The fourth-order valence-electron chi connectivity index (χ4n) is 5.23. The fourth-order valence-corrected chi connectivity index (χ4v) is 5.23. The zero-order valence-electron chi connectivity index (χ0n) is 20.7. The molecule has 1 fully saturated rings. The lowest BCUT2D eigenvalue weighted by molar-refractivity contribution is -0.138. The second kappa shape index (κ2) is 9.91. The fraction of sp³-hybridized carbons (Fsp3) is 0.458. The van der Waals surface area contributed by atoms with E-state index in [4.69, 9.17) is 0 Å². The van der Waals surface area contributed by atoms with E-state index in [9.17, 15) is 13.6 Å². The van der Waals surface area contributed by atoms with Gasteiger partial charge in [0.2, 0.25) is 11.9 Å². The highest BCUT2D eigenvalue weighted by Gasteiger charge is 2.32. The van der Waals surface area contributed by atoms with Gasteiger partial charge in [0.1, 0.15) is 11.3 Å². The number of hydrogen-bond donors (Lipinski definition) is 1. The minimum Gasteiger partial charge on any atom is -0.432 e. The first-order valence-electron chi connectivity index (χ1n) is 12.5. The number of hydrogen-bond acceptors (Lipinski definition) is 9. The Morgan fingerprint density at radius 2 is 1.95 bits per heavy atom. The summed E-state index contributed by atoms with van der Waals surface area (Å²) in [4.78, 5) is 23.9. The standard InChI is InChI=1S/C24H26F2N10O2/c1-14-30-31-20-13-34(11-12-35(14)20)22(37)15-5-7-16(8-6-15)28-24-27-10-9-19(29-24)36-17-3-2-4-18(38-23(25)26)21(17)32-33-36/h2-4,9-10,15-16,23H,5-8,11-13H2,1H3,(H,27,28,29)/t15-,16-. The van der Waals surface area contributed by atoms with Crippen LogP contribution in [0.3, 0.4) is 0 Å². The van der Waals surface area contributed by atoms with Gasteiger partial charge in [0.25, 0.3) is 0 Å². The van der Waals surface area contributed by atoms with Crippen LogP contribution in [0.25, 0.3) is 16.9 Å². The third kappa shape index (κ3) is 4.61. The summed E-state index contributed by atoms with van der Waals surface area (Å²) in [6.45, 7) is 0.877. The molecular formula is C24H26F2N10O2. The summed E-state index contributed by atoms with van der Waals surface area (Å²) in [6.07, 6.45) is 4.78. The van der Waals surface area contributed by atoms with Gasteiger partial charge in [0.15, 0.2) is 22.9 Å². The van der Waals surface area contributed by atoms with Gasteiger partial charge in [-0.3, -0.25) is 4.79 Å². The molecule has 2 aliphatic rings. The number of amides is 1. The zero-order valence-corrected chi connectivity index (χ0v) is 20.7. The van der Waals surface area contributed by atoms with Gasteiger partial charge in [-0.05, 0) is 44.7 Å². The molecule has 4 aromatic rings. The van der Waals surface area contributed by atoms with Crippen LogP contribution in [-0.2, 0) is 17.9 Å². The third-order valence-corrected chi connectivity index (χ3v) is 7.17. The molecule has 4 heterocycles. The van der Waals surface area contributed by atoms with Crippen molar-refractivity contribution in [3.63, 3.8) is 0 Å². The monoisotopic (exact) mass is 524 g/mol. The number of rotatable bonds is 6. The molecule has 0 bridgehead atoms. The summed E-state index contributed by atoms with van der Waals surface area (Å²) in [5, 5.41) is 19.8. The van der Waals surface area contributed by atoms with E-state index >= 15 is 0 Å². The Kier molecular flexibility index (Phi) is 6.29. The molecule has 0 radical (unpaired) electrons. The first-order valence-corrected chi connectivity index (χ1v) is 12.5. The van der Waals surface area contributed by atoms with E-state index in [1.165, 1.54) is 10.7 Å². The number of nitrogens with zero attached hydrogens (tertiary/aromatic N) is 9. The van der Waals surface area contributed by atoms with Crippen molar-refractivity contribution >= 4 is 22.9 Å². The molecule has 1 aliphatic carbocycles. The van der Waals surface area contributed by atoms with Crippen molar-refractivity contribution in [2.75, 3.05) is 11.9 Å². The Morgan fingerprint density at radius 1 is 1.11 bits per heavy atom. The number of fused-ring (bicyclic) bond motifs is 2. The normalized spacial score (nSPS) is 19.5. The van der Waals surface area contributed by atoms with Gasteiger partial charge in [-0.25, -0.2) is 4.98 Å². The lowest BCUT2D eigenvalue weighted by Crippen LogP contribution is -2.43. The Morgan fingerprint density at radius 3 is 2.76 bits per heavy atom. The van der Waals surface area contributed by atoms with Gasteiger partial charge < -0.3 is 19.5 Å². The number of aromatic nitrogens is 8. The van der Waals surface area contributed by atoms with Gasteiger partial charge in [-0.1, -0.05) is 11.3 Å². The van der Waals surface area contributed by atoms with Crippen LogP contribution in [0.1, 0.15) is 37.3 Å². The molecule has 0 spiro atoms. The molecule has 0 unspecified atom stereocenters. The summed E-state index contributed by atoms with van der Waals surface area (Å²) in [5.74, 6) is 2.70. The summed E-state index contributed by atoms with van der Waals surface area (Å²) < 4.78 is 33.6. The van der Waals surface area contributed by atoms with Crippen LogP contribution in [0.5, 0.6) is 5.75 Å². The molecule has 198 valence electrons. The number of alkyl halides is 2. The molecule has 14 heteroatoms. The number of carbonyl (C=O) groups excluding carboxylic acids is 1. The lowest BCUT2D eigenvalue weighted by Gasteiger charge is -2.34. The van der Waals surface area contributed by atoms with E-state index in [1.807, 2.05) is 11.8 Å². The number of benzene rings is 1. The van der Waals surface area contributed by atoms with Crippen LogP contribution in [-0.4, -0.2) is 69.7 Å². The summed E-state index contributed by atoms with van der Waals surface area (Å²) in [6, 6.07) is 6.50. The van der Waals surface area contributed by atoms with Crippen LogP contribution < -0.4 is 10.1 Å². The molecule has 1 N–H and O–H groups in total. The van der Waals surface area contributed by atoms with Crippen LogP contribution >= 0.6 is 0 Å². The maximum atomic E-state index is 13.2. The average molecular weight is 525 g/mol. The smallest absolute Gasteiger partial charge is 0.387 e. The van der Waals surface area contributed by atoms with Crippen molar-refractivity contribution in [3.8, 4) is 11.6 Å². The number of carbonyl (C=O) groups is 1. The van der Waals surface area contributed by atoms with Crippen LogP contribution in [0, 0.1) is 12.8 Å². The maximum absolute atomic E-state index is 13.2. The van der Waals surface area contributed by atoms with Crippen molar-refractivity contribution in [3.05, 3.63) is 42.1 Å². The molecule has 0 saturated heterocycles. The van der Waals surface area contributed by atoms with E-state index in [1.54, 1.807) is 24.4 Å². The minimum absolute atomic E-state index is 0.0120. The molecule has 0 atom stereocenters. The van der Waals surface area contributed by atoms with Crippen molar-refractivity contribution < 1.29 is 18.3 Å². The molecule has 12 nitrogen and oxygen atoms in total. The third-order valence-electron chi connectivity index (χ3n) is 7.17. The van der Waals surface area contributed by atoms with E-state index in [2.05, 4.69) is 45.1 Å². The number of aryl methyl sites for hydroxylation is 1. The Labute approximate surface area is 216 Å². The van der Waals surface area contributed by atoms with Crippen LogP contribution in [0.15, 0.2) is 30.5 Å². The van der Waals surface area contributed by atoms with Crippen molar-refractivity contribution in [2.24, 2.45) is 5.92 Å². The molecule has 1 saturated carbocycles. The van der Waals surface area contributed by atoms with Gasteiger partial charge in [-0.2, -0.15) is 18.4 Å². The zero-order chi connectivity index (χ0) is 26.2. The molecule has 38 heavy (non-hydrogen) atoms. The molecule has 1 amide bonds. The second-order valence-corrected chi connectivity index (χ2v) is 9.51. The number of anilines is 1. The van der Waals surface area contributed by atoms with E-state index in [0.29, 0.717) is 30.4 Å². The van der Waals surface area contributed by atoms with Gasteiger partial charge in [0.05, 0.1) is 6.54 Å². The lowest BCUT2D eigenvalue weighted by atomic mass is 9.85. The number of ether oxygens (including phenoxy) is 1. The maximum Gasteiger partial charge on any atom is 0.387 e. The number of halogens is 2. The Bertz CT molecular complexity index is 1460. The molecule has 1 aromatic carbocycles. The molecule has 3 aromatic heterocycles. The first-order chi connectivity index (χ1) is 18.5. The van der Waals surface area contributed by atoms with Gasteiger partial charge >= 0.3 is 6.61 Å². The van der Waals surface area contributed by atoms with E-state index in [0.717, 1.165) is 43.9 Å². The first kappa shape index (κ1) is 24.1. The van der Waals surface area contributed by atoms with Gasteiger partial charge in [-0.15, -0.1) is 15.3 Å². The second-order valence-electron chi connectivity index (χ2n) is 9.51. The SMILES string of the molecule is Cc1nnc2n1CCN(C(=O)[C@H]1CC[C@H](Nc3nccc(-n4nnc5c(OC(F)F)cccc54)n3)CC1)C2. The number of nitrogens with one attached hydrogen (secondary N) is 1. The summed E-state index contributed by atoms with van der Waals surface area (Å²) >= 11 is 0. The molecule has 6 rings (SSSR count). The minimum atomic E-state index is -2.96. The van der Waals surface area contributed by atoms with Crippen molar-refractivity contribution in [1.29, 1.82) is 0 Å². The topological polar surface area (TPSA) is 129 Å². The average Bonchev–Trinajstić information content (AvgIpc) is 3.53. The summed E-state index contributed by atoms with van der Waals surface area (Å²) in [7, 11) is 0. The van der Waals surface area contributed by atoms with Gasteiger partial charge in [0, 0.05) is 37.3 Å². The van der Waals surface area contributed by atoms with Crippen LogP contribution in [0.4, 0.5) is 14.7 Å². The van der Waals surface area contributed by atoms with E-state index < -0.39 is 6.61 Å². The highest BCUT2D eigenvalue weighted by atomic mass is 19.3. The van der Waals surface area contributed by atoms with E-state index in [-0.39, 0.29) is 29.1 Å². The molecule has 1 aliphatic heterocycles.